The molecule has 2 aliphatic rings. The molecule has 1 aliphatic heterocycles. The van der Waals surface area contributed by atoms with E-state index in [1.807, 2.05) is 0 Å². The topological polar surface area (TPSA) is 29.1 Å². The molecule has 1 aliphatic carbocycles. The highest BCUT2D eigenvalue weighted by Gasteiger charge is 2.28. The Balaban J connectivity index is 1.91. The summed E-state index contributed by atoms with van der Waals surface area (Å²) in [4.78, 5) is 12.0. The van der Waals surface area contributed by atoms with E-state index in [-0.39, 0.29) is 11.8 Å². The molecule has 1 N–H and O–H groups in total. The normalized spacial score (nSPS) is 25.1. The number of hydrogen-bond acceptors (Lipinski definition) is 1. The highest BCUT2D eigenvalue weighted by molar-refractivity contribution is 5.95. The van der Waals surface area contributed by atoms with Gasteiger partial charge in [-0.2, -0.15) is 0 Å². The number of benzene rings is 1. The molecular formula is C18H25NO. The molecular weight excluding hydrogens is 246 g/mol. The van der Waals surface area contributed by atoms with Crippen LogP contribution in [0.2, 0.25) is 0 Å². The SMILES string of the molecule is CCC1Cc2cc3c(cc2NC1=O)CC(C(C)C)CC3. The van der Waals surface area contributed by atoms with Gasteiger partial charge in [-0.15, -0.1) is 0 Å². The monoisotopic (exact) mass is 271 g/mol. The number of hydrogen-bond donors (Lipinski definition) is 1. The molecule has 2 atom stereocenters. The Bertz CT molecular complexity index is 532. The van der Waals surface area contributed by atoms with Gasteiger partial charge in [-0.3, -0.25) is 4.79 Å². The predicted octanol–water partition coefficient (Wildman–Crippen LogP) is 3.97. The van der Waals surface area contributed by atoms with Crippen LogP contribution in [-0.4, -0.2) is 5.91 Å². The molecule has 0 bridgehead atoms. The van der Waals surface area contributed by atoms with Crippen molar-refractivity contribution in [3.05, 3.63) is 28.8 Å². The molecule has 0 radical (unpaired) electrons. The quantitative estimate of drug-likeness (QED) is 0.866. The second-order valence-electron chi connectivity index (χ2n) is 6.82. The number of rotatable bonds is 2. The van der Waals surface area contributed by atoms with Crippen LogP contribution in [-0.2, 0) is 24.1 Å². The van der Waals surface area contributed by atoms with Gasteiger partial charge < -0.3 is 5.32 Å². The maximum absolute atomic E-state index is 12.0. The van der Waals surface area contributed by atoms with Crippen LogP contribution in [0.3, 0.4) is 0 Å². The summed E-state index contributed by atoms with van der Waals surface area (Å²) in [6.07, 6.45) is 5.53. The highest BCUT2D eigenvalue weighted by Crippen LogP contribution is 2.36. The Hall–Kier alpha value is -1.31. The summed E-state index contributed by atoms with van der Waals surface area (Å²) >= 11 is 0. The molecule has 2 nitrogen and oxygen atoms in total. The standard InChI is InChI=1S/C18H25NO/c1-4-12-7-16-9-14-6-5-13(11(2)3)8-15(14)10-17(16)19-18(12)20/h9-13H,4-8H2,1-3H3,(H,19,20). The van der Waals surface area contributed by atoms with Crippen LogP contribution in [0.5, 0.6) is 0 Å². The zero-order chi connectivity index (χ0) is 14.3. The molecule has 0 spiro atoms. The van der Waals surface area contributed by atoms with E-state index in [2.05, 4.69) is 38.2 Å². The molecule has 0 fully saturated rings. The molecule has 0 aromatic heterocycles. The Morgan fingerprint density at radius 3 is 2.70 bits per heavy atom. The maximum atomic E-state index is 12.0. The smallest absolute Gasteiger partial charge is 0.227 e. The second kappa shape index (κ2) is 5.23. The third-order valence-electron chi connectivity index (χ3n) is 5.22. The molecule has 0 saturated heterocycles. The molecule has 20 heavy (non-hydrogen) atoms. The van der Waals surface area contributed by atoms with E-state index in [0.29, 0.717) is 0 Å². The first-order valence-corrected chi connectivity index (χ1v) is 8.04. The lowest BCUT2D eigenvalue weighted by atomic mass is 9.77. The van der Waals surface area contributed by atoms with Gasteiger partial charge in [0.2, 0.25) is 5.91 Å². The van der Waals surface area contributed by atoms with Crippen molar-refractivity contribution >= 4 is 11.6 Å². The summed E-state index contributed by atoms with van der Waals surface area (Å²) < 4.78 is 0. The lowest BCUT2D eigenvalue weighted by molar-refractivity contribution is -0.120. The van der Waals surface area contributed by atoms with Crippen molar-refractivity contribution in [1.82, 2.24) is 0 Å². The van der Waals surface area contributed by atoms with Crippen molar-refractivity contribution in [2.75, 3.05) is 5.32 Å². The maximum Gasteiger partial charge on any atom is 0.227 e. The Kier molecular flexibility index (Phi) is 3.57. The van der Waals surface area contributed by atoms with Crippen LogP contribution < -0.4 is 5.32 Å². The van der Waals surface area contributed by atoms with Gasteiger partial charge in [0.1, 0.15) is 0 Å². The van der Waals surface area contributed by atoms with E-state index in [1.54, 1.807) is 0 Å². The zero-order valence-corrected chi connectivity index (χ0v) is 12.8. The second-order valence-corrected chi connectivity index (χ2v) is 6.82. The first kappa shape index (κ1) is 13.7. The van der Waals surface area contributed by atoms with Crippen molar-refractivity contribution in [2.24, 2.45) is 17.8 Å². The van der Waals surface area contributed by atoms with Crippen molar-refractivity contribution in [2.45, 2.75) is 52.9 Å². The van der Waals surface area contributed by atoms with Gasteiger partial charge in [-0.25, -0.2) is 0 Å². The number of aryl methyl sites for hydroxylation is 1. The van der Waals surface area contributed by atoms with E-state index in [4.69, 9.17) is 0 Å². The summed E-state index contributed by atoms with van der Waals surface area (Å²) in [5.41, 5.74) is 5.40. The van der Waals surface area contributed by atoms with Gasteiger partial charge in [0.25, 0.3) is 0 Å². The zero-order valence-electron chi connectivity index (χ0n) is 12.8. The number of fused-ring (bicyclic) bond motifs is 2. The van der Waals surface area contributed by atoms with Crippen molar-refractivity contribution in [3.8, 4) is 0 Å². The minimum Gasteiger partial charge on any atom is -0.326 e. The molecule has 2 heteroatoms. The van der Waals surface area contributed by atoms with Crippen LogP contribution in [0.25, 0.3) is 0 Å². The largest absolute Gasteiger partial charge is 0.326 e. The van der Waals surface area contributed by atoms with Gasteiger partial charge in [0.05, 0.1) is 0 Å². The summed E-state index contributed by atoms with van der Waals surface area (Å²) in [6.45, 7) is 6.74. The minimum absolute atomic E-state index is 0.160. The Labute approximate surface area is 122 Å². The number of amides is 1. The third kappa shape index (κ3) is 2.36. The first-order chi connectivity index (χ1) is 9.58. The van der Waals surface area contributed by atoms with Crippen molar-refractivity contribution < 1.29 is 4.79 Å². The Morgan fingerprint density at radius 1 is 1.20 bits per heavy atom. The fourth-order valence-corrected chi connectivity index (χ4v) is 3.67. The molecule has 0 saturated carbocycles. The molecule has 1 aromatic rings. The van der Waals surface area contributed by atoms with Crippen LogP contribution in [0.15, 0.2) is 12.1 Å². The lowest BCUT2D eigenvalue weighted by Gasteiger charge is -2.31. The van der Waals surface area contributed by atoms with Gasteiger partial charge in [-0.05, 0) is 66.7 Å². The summed E-state index contributed by atoms with van der Waals surface area (Å²) in [7, 11) is 0. The number of anilines is 1. The van der Waals surface area contributed by atoms with Crippen LogP contribution >= 0.6 is 0 Å². The number of carbonyl (C=O) groups is 1. The summed E-state index contributed by atoms with van der Waals surface area (Å²) in [6, 6.07) is 4.62. The predicted molar refractivity (Wildman–Crippen MR) is 82.9 cm³/mol. The summed E-state index contributed by atoms with van der Waals surface area (Å²) in [5, 5.41) is 3.12. The molecule has 1 aromatic carbocycles. The molecule has 1 amide bonds. The molecule has 3 rings (SSSR count). The van der Waals surface area contributed by atoms with Crippen LogP contribution in [0, 0.1) is 17.8 Å². The molecule has 2 unspecified atom stereocenters. The molecule has 108 valence electrons. The highest BCUT2D eigenvalue weighted by atomic mass is 16.1. The van der Waals surface area contributed by atoms with E-state index >= 15 is 0 Å². The van der Waals surface area contributed by atoms with Gasteiger partial charge in [0, 0.05) is 11.6 Å². The fraction of sp³-hybridized carbons (Fsp3) is 0.611. The number of carbonyl (C=O) groups excluding carboxylic acids is 1. The average molecular weight is 271 g/mol. The number of nitrogens with one attached hydrogen (secondary N) is 1. The fourth-order valence-electron chi connectivity index (χ4n) is 3.67. The van der Waals surface area contributed by atoms with Gasteiger partial charge >= 0.3 is 0 Å². The van der Waals surface area contributed by atoms with E-state index in [9.17, 15) is 4.79 Å². The lowest BCUT2D eigenvalue weighted by Crippen LogP contribution is -2.30. The van der Waals surface area contributed by atoms with Crippen LogP contribution in [0.4, 0.5) is 5.69 Å². The average Bonchev–Trinajstić information content (AvgIpc) is 2.43. The minimum atomic E-state index is 0.160. The van der Waals surface area contributed by atoms with E-state index in [0.717, 1.165) is 30.4 Å². The van der Waals surface area contributed by atoms with Crippen molar-refractivity contribution in [1.29, 1.82) is 0 Å². The Morgan fingerprint density at radius 2 is 2.00 bits per heavy atom. The van der Waals surface area contributed by atoms with E-state index < -0.39 is 0 Å². The van der Waals surface area contributed by atoms with Gasteiger partial charge in [-0.1, -0.05) is 26.8 Å². The summed E-state index contributed by atoms with van der Waals surface area (Å²) in [5.74, 6) is 1.91. The van der Waals surface area contributed by atoms with Gasteiger partial charge in [0.15, 0.2) is 0 Å². The van der Waals surface area contributed by atoms with E-state index in [1.165, 1.54) is 36.0 Å². The third-order valence-corrected chi connectivity index (χ3v) is 5.22. The molecule has 1 heterocycles. The first-order valence-electron chi connectivity index (χ1n) is 8.04. The van der Waals surface area contributed by atoms with Crippen LogP contribution in [0.1, 0.15) is 50.3 Å². The van der Waals surface area contributed by atoms with Crippen molar-refractivity contribution in [3.63, 3.8) is 0 Å².